The van der Waals surface area contributed by atoms with E-state index in [1.807, 2.05) is 6.92 Å². The van der Waals surface area contributed by atoms with Gasteiger partial charge < -0.3 is 20.1 Å². The maximum Gasteiger partial charge on any atom is 0.330 e. The SMILES string of the molecule is CCOCCNC(=O)Nc1ccc(/C=C/C(=O)OCC)cc1. The van der Waals surface area contributed by atoms with Gasteiger partial charge in [-0.05, 0) is 37.6 Å². The van der Waals surface area contributed by atoms with Crippen LogP contribution >= 0.6 is 0 Å². The van der Waals surface area contributed by atoms with Crippen LogP contribution in [-0.4, -0.2) is 38.4 Å². The molecule has 120 valence electrons. The van der Waals surface area contributed by atoms with E-state index in [4.69, 9.17) is 9.47 Å². The topological polar surface area (TPSA) is 76.7 Å². The summed E-state index contributed by atoms with van der Waals surface area (Å²) in [6.07, 6.45) is 3.02. The van der Waals surface area contributed by atoms with Crippen LogP contribution in [0.2, 0.25) is 0 Å². The van der Waals surface area contributed by atoms with E-state index in [2.05, 4.69) is 10.6 Å². The molecular weight excluding hydrogens is 284 g/mol. The molecule has 0 saturated carbocycles. The maximum atomic E-state index is 11.6. The zero-order valence-corrected chi connectivity index (χ0v) is 12.9. The first kappa shape index (κ1) is 17.7. The summed E-state index contributed by atoms with van der Waals surface area (Å²) in [7, 11) is 0. The van der Waals surface area contributed by atoms with E-state index in [0.29, 0.717) is 32.1 Å². The molecule has 2 amide bonds. The van der Waals surface area contributed by atoms with Crippen molar-refractivity contribution in [2.24, 2.45) is 0 Å². The monoisotopic (exact) mass is 306 g/mol. The van der Waals surface area contributed by atoms with Gasteiger partial charge in [0, 0.05) is 24.9 Å². The fourth-order valence-electron chi connectivity index (χ4n) is 1.59. The van der Waals surface area contributed by atoms with Gasteiger partial charge in [0.15, 0.2) is 0 Å². The van der Waals surface area contributed by atoms with Crippen molar-refractivity contribution in [2.45, 2.75) is 13.8 Å². The van der Waals surface area contributed by atoms with Crippen molar-refractivity contribution in [3.05, 3.63) is 35.9 Å². The molecule has 0 atom stereocenters. The lowest BCUT2D eigenvalue weighted by Gasteiger charge is -2.07. The normalized spacial score (nSPS) is 10.5. The minimum absolute atomic E-state index is 0.283. The summed E-state index contributed by atoms with van der Waals surface area (Å²) in [4.78, 5) is 22.8. The average Bonchev–Trinajstić information content (AvgIpc) is 2.51. The summed E-state index contributed by atoms with van der Waals surface area (Å²) in [5.74, 6) is -0.377. The summed E-state index contributed by atoms with van der Waals surface area (Å²) in [5.41, 5.74) is 1.51. The number of amides is 2. The highest BCUT2D eigenvalue weighted by Gasteiger charge is 2.00. The number of anilines is 1. The van der Waals surface area contributed by atoms with E-state index in [-0.39, 0.29) is 12.0 Å². The summed E-state index contributed by atoms with van der Waals surface area (Å²) >= 11 is 0. The Kier molecular flexibility index (Phi) is 8.37. The predicted octanol–water partition coefficient (Wildman–Crippen LogP) is 2.42. The molecule has 0 aromatic heterocycles. The van der Waals surface area contributed by atoms with Crippen molar-refractivity contribution in [1.82, 2.24) is 5.32 Å². The molecule has 0 bridgehead atoms. The second-order valence-electron chi connectivity index (χ2n) is 4.29. The van der Waals surface area contributed by atoms with Crippen LogP contribution in [0.3, 0.4) is 0 Å². The molecule has 1 aromatic carbocycles. The molecule has 0 radical (unpaired) electrons. The summed E-state index contributed by atoms with van der Waals surface area (Å²) in [5, 5.41) is 5.39. The van der Waals surface area contributed by atoms with Gasteiger partial charge in [0.05, 0.1) is 13.2 Å². The minimum Gasteiger partial charge on any atom is -0.463 e. The van der Waals surface area contributed by atoms with Gasteiger partial charge in [-0.25, -0.2) is 9.59 Å². The van der Waals surface area contributed by atoms with Gasteiger partial charge in [0.2, 0.25) is 0 Å². The molecule has 6 heteroatoms. The van der Waals surface area contributed by atoms with Crippen molar-refractivity contribution in [1.29, 1.82) is 0 Å². The van der Waals surface area contributed by atoms with Gasteiger partial charge >= 0.3 is 12.0 Å². The van der Waals surface area contributed by atoms with Crippen LogP contribution in [-0.2, 0) is 14.3 Å². The number of urea groups is 1. The lowest BCUT2D eigenvalue weighted by Crippen LogP contribution is -2.31. The molecule has 0 aliphatic rings. The highest BCUT2D eigenvalue weighted by Crippen LogP contribution is 2.10. The molecule has 0 spiro atoms. The summed E-state index contributed by atoms with van der Waals surface area (Å²) < 4.78 is 9.92. The Hall–Kier alpha value is -2.34. The zero-order chi connectivity index (χ0) is 16.2. The third-order valence-electron chi connectivity index (χ3n) is 2.60. The van der Waals surface area contributed by atoms with Crippen LogP contribution in [0.5, 0.6) is 0 Å². The predicted molar refractivity (Wildman–Crippen MR) is 85.6 cm³/mol. The number of rotatable bonds is 8. The summed E-state index contributed by atoms with van der Waals surface area (Å²) in [6, 6.07) is 6.83. The third kappa shape index (κ3) is 7.44. The molecule has 1 rings (SSSR count). The van der Waals surface area contributed by atoms with E-state index in [9.17, 15) is 9.59 Å². The number of nitrogens with one attached hydrogen (secondary N) is 2. The lowest BCUT2D eigenvalue weighted by molar-refractivity contribution is -0.137. The fraction of sp³-hybridized carbons (Fsp3) is 0.375. The highest BCUT2D eigenvalue weighted by atomic mass is 16.5. The van der Waals surface area contributed by atoms with Gasteiger partial charge in [-0.3, -0.25) is 0 Å². The first-order valence-corrected chi connectivity index (χ1v) is 7.23. The third-order valence-corrected chi connectivity index (χ3v) is 2.60. The van der Waals surface area contributed by atoms with Crippen LogP contribution in [0, 0.1) is 0 Å². The lowest BCUT2D eigenvalue weighted by atomic mass is 10.2. The van der Waals surface area contributed by atoms with E-state index in [0.717, 1.165) is 5.56 Å². The smallest absolute Gasteiger partial charge is 0.330 e. The quantitative estimate of drug-likeness (QED) is 0.439. The van der Waals surface area contributed by atoms with Crippen LogP contribution < -0.4 is 10.6 Å². The summed E-state index contributed by atoms with van der Waals surface area (Å²) in [6.45, 7) is 5.58. The van der Waals surface area contributed by atoms with Crippen LogP contribution in [0.25, 0.3) is 6.08 Å². The van der Waals surface area contributed by atoms with Crippen molar-refractivity contribution in [2.75, 3.05) is 31.7 Å². The zero-order valence-electron chi connectivity index (χ0n) is 12.9. The Morgan fingerprint density at radius 1 is 1.14 bits per heavy atom. The minimum atomic E-state index is -0.377. The van der Waals surface area contributed by atoms with E-state index >= 15 is 0 Å². The second kappa shape index (κ2) is 10.4. The number of carbonyl (C=O) groups excluding carboxylic acids is 2. The number of hydrogen-bond acceptors (Lipinski definition) is 4. The van der Waals surface area contributed by atoms with E-state index in [1.165, 1.54) is 6.08 Å². The number of benzene rings is 1. The van der Waals surface area contributed by atoms with Crippen LogP contribution in [0.4, 0.5) is 10.5 Å². The van der Waals surface area contributed by atoms with Crippen LogP contribution in [0.1, 0.15) is 19.4 Å². The highest BCUT2D eigenvalue weighted by molar-refractivity contribution is 5.90. The largest absolute Gasteiger partial charge is 0.463 e. The average molecular weight is 306 g/mol. The number of ether oxygens (including phenoxy) is 2. The Bertz CT molecular complexity index is 497. The Labute approximate surface area is 130 Å². The molecule has 2 N–H and O–H groups in total. The van der Waals surface area contributed by atoms with Crippen LogP contribution in [0.15, 0.2) is 30.3 Å². The van der Waals surface area contributed by atoms with Crippen molar-refractivity contribution in [3.63, 3.8) is 0 Å². The number of carbonyl (C=O) groups is 2. The Morgan fingerprint density at radius 2 is 1.86 bits per heavy atom. The van der Waals surface area contributed by atoms with Crippen molar-refractivity contribution >= 4 is 23.8 Å². The van der Waals surface area contributed by atoms with Gasteiger partial charge in [0.25, 0.3) is 0 Å². The molecule has 1 aromatic rings. The molecule has 0 heterocycles. The van der Waals surface area contributed by atoms with Gasteiger partial charge in [-0.2, -0.15) is 0 Å². The van der Waals surface area contributed by atoms with Gasteiger partial charge in [0.1, 0.15) is 0 Å². The molecule has 0 aliphatic carbocycles. The molecule has 0 unspecified atom stereocenters. The van der Waals surface area contributed by atoms with Crippen molar-refractivity contribution < 1.29 is 19.1 Å². The standard InChI is InChI=1S/C16H22N2O4/c1-3-21-12-11-17-16(20)18-14-8-5-13(6-9-14)7-10-15(19)22-4-2/h5-10H,3-4,11-12H2,1-2H3,(H2,17,18,20)/b10-7+. The second-order valence-corrected chi connectivity index (χ2v) is 4.29. The Morgan fingerprint density at radius 3 is 2.50 bits per heavy atom. The van der Waals surface area contributed by atoms with E-state index < -0.39 is 0 Å². The first-order valence-electron chi connectivity index (χ1n) is 7.23. The fourth-order valence-corrected chi connectivity index (χ4v) is 1.59. The molecule has 0 fully saturated rings. The maximum absolute atomic E-state index is 11.6. The molecule has 22 heavy (non-hydrogen) atoms. The van der Waals surface area contributed by atoms with Crippen molar-refractivity contribution in [3.8, 4) is 0 Å². The molecule has 0 saturated heterocycles. The molecular formula is C16H22N2O4. The van der Waals surface area contributed by atoms with E-state index in [1.54, 1.807) is 37.3 Å². The van der Waals surface area contributed by atoms with Gasteiger partial charge in [-0.15, -0.1) is 0 Å². The number of esters is 1. The first-order chi connectivity index (χ1) is 10.7. The van der Waals surface area contributed by atoms with Gasteiger partial charge in [-0.1, -0.05) is 12.1 Å². The molecule has 6 nitrogen and oxygen atoms in total. The Balaban J connectivity index is 2.41. The molecule has 0 aliphatic heterocycles. The number of hydrogen-bond donors (Lipinski definition) is 2.